The average Bonchev–Trinajstić information content (AvgIpc) is 3.01. The summed E-state index contributed by atoms with van der Waals surface area (Å²) in [5.74, 6) is 0.504. The second-order valence-corrected chi connectivity index (χ2v) is 7.55. The number of hydrogen-bond donors (Lipinski definition) is 1. The first kappa shape index (κ1) is 19.0. The Labute approximate surface area is 158 Å². The van der Waals surface area contributed by atoms with Crippen LogP contribution in [0.25, 0.3) is 11.0 Å². The summed E-state index contributed by atoms with van der Waals surface area (Å²) < 4.78 is 16.7. The number of ether oxygens (including phenoxy) is 2. The number of aliphatic hydroxyl groups excluding tert-OH is 1. The molecular weight excluding hydrogens is 344 g/mol. The van der Waals surface area contributed by atoms with Crippen LogP contribution < -0.4 is 4.74 Å². The minimum Gasteiger partial charge on any atom is -0.490 e. The molecule has 27 heavy (non-hydrogen) atoms. The molecule has 1 aromatic heterocycles. The maximum atomic E-state index is 12.2. The zero-order chi connectivity index (χ0) is 19.6. The second-order valence-electron chi connectivity index (χ2n) is 7.55. The van der Waals surface area contributed by atoms with Crippen LogP contribution in [0.5, 0.6) is 5.75 Å². The first-order valence-corrected chi connectivity index (χ1v) is 8.86. The Bertz CT molecular complexity index is 949. The van der Waals surface area contributed by atoms with Crippen LogP contribution in [0.4, 0.5) is 0 Å². The Balaban J connectivity index is 1.66. The van der Waals surface area contributed by atoms with E-state index in [1.54, 1.807) is 24.3 Å². The monoisotopic (exact) mass is 368 g/mol. The van der Waals surface area contributed by atoms with Gasteiger partial charge in [0.15, 0.2) is 0 Å². The number of furan rings is 1. The highest BCUT2D eigenvalue weighted by Crippen LogP contribution is 2.26. The van der Waals surface area contributed by atoms with E-state index in [0.717, 1.165) is 16.5 Å². The number of carbonyl (C=O) groups is 1. The van der Waals surface area contributed by atoms with Crippen molar-refractivity contribution < 1.29 is 23.8 Å². The van der Waals surface area contributed by atoms with E-state index < -0.39 is 17.7 Å². The van der Waals surface area contributed by atoms with E-state index in [0.29, 0.717) is 17.1 Å². The summed E-state index contributed by atoms with van der Waals surface area (Å²) in [7, 11) is 0. The number of rotatable bonds is 5. The molecule has 0 bridgehead atoms. The zero-order valence-corrected chi connectivity index (χ0v) is 16.0. The van der Waals surface area contributed by atoms with Gasteiger partial charge in [-0.25, -0.2) is 4.79 Å². The minimum absolute atomic E-state index is 0.0105. The van der Waals surface area contributed by atoms with Crippen LogP contribution in [0, 0.1) is 6.92 Å². The molecule has 2 aromatic carbocycles. The molecule has 3 aromatic rings. The molecule has 0 aliphatic heterocycles. The van der Waals surface area contributed by atoms with Gasteiger partial charge >= 0.3 is 5.97 Å². The van der Waals surface area contributed by atoms with Gasteiger partial charge in [0, 0.05) is 5.39 Å². The highest BCUT2D eigenvalue weighted by Gasteiger charge is 2.19. The van der Waals surface area contributed by atoms with Crippen molar-refractivity contribution in [2.75, 3.05) is 6.61 Å². The minimum atomic E-state index is -0.914. The average molecular weight is 368 g/mol. The highest BCUT2D eigenvalue weighted by molar-refractivity contribution is 5.90. The molecule has 142 valence electrons. The van der Waals surface area contributed by atoms with E-state index in [1.807, 2.05) is 52.0 Å². The summed E-state index contributed by atoms with van der Waals surface area (Å²) in [6, 6.07) is 14.4. The summed E-state index contributed by atoms with van der Waals surface area (Å²) in [6.07, 6.45) is -0.914. The topological polar surface area (TPSA) is 68.9 Å². The molecule has 1 heterocycles. The number of aliphatic hydroxyl groups is 1. The SMILES string of the molecule is Cc1ccc2oc(C(O)COc3cccc(C(=O)OC(C)(C)C)c3)cc2c1. The van der Waals surface area contributed by atoms with Crippen molar-refractivity contribution in [2.24, 2.45) is 0 Å². The largest absolute Gasteiger partial charge is 0.490 e. The lowest BCUT2D eigenvalue weighted by molar-refractivity contribution is 0.00689. The molecule has 3 rings (SSSR count). The third-order valence-electron chi connectivity index (χ3n) is 3.90. The smallest absolute Gasteiger partial charge is 0.338 e. The summed E-state index contributed by atoms with van der Waals surface area (Å²) in [4.78, 5) is 12.2. The zero-order valence-electron chi connectivity index (χ0n) is 16.0. The standard InChI is InChI=1S/C22H24O5/c1-14-8-9-19-16(10-14)12-20(26-19)18(23)13-25-17-7-5-6-15(11-17)21(24)27-22(2,3)4/h5-12,18,23H,13H2,1-4H3. The normalized spacial score (nSPS) is 12.8. The van der Waals surface area contributed by atoms with Gasteiger partial charge in [-0.1, -0.05) is 17.7 Å². The lowest BCUT2D eigenvalue weighted by Crippen LogP contribution is -2.23. The van der Waals surface area contributed by atoms with Crippen molar-refractivity contribution in [2.45, 2.75) is 39.4 Å². The van der Waals surface area contributed by atoms with Crippen LogP contribution in [0.1, 0.15) is 48.6 Å². The van der Waals surface area contributed by atoms with Gasteiger partial charge in [-0.3, -0.25) is 0 Å². The third kappa shape index (κ3) is 4.89. The molecule has 0 radical (unpaired) electrons. The Morgan fingerprint density at radius 2 is 1.93 bits per heavy atom. The van der Waals surface area contributed by atoms with Crippen LogP contribution in [0.3, 0.4) is 0 Å². The Morgan fingerprint density at radius 3 is 2.67 bits per heavy atom. The molecule has 1 unspecified atom stereocenters. The molecule has 1 atom stereocenters. The van der Waals surface area contributed by atoms with E-state index in [4.69, 9.17) is 13.9 Å². The molecule has 0 aliphatic rings. The molecule has 0 fully saturated rings. The van der Waals surface area contributed by atoms with Crippen LogP contribution in [0.15, 0.2) is 52.9 Å². The van der Waals surface area contributed by atoms with Crippen LogP contribution >= 0.6 is 0 Å². The summed E-state index contributed by atoms with van der Waals surface area (Å²) in [5, 5.41) is 11.3. The Kier molecular flexibility index (Phi) is 5.24. The molecule has 0 saturated carbocycles. The number of carbonyl (C=O) groups excluding carboxylic acids is 1. The van der Waals surface area contributed by atoms with Crippen molar-refractivity contribution in [3.8, 4) is 5.75 Å². The maximum absolute atomic E-state index is 12.2. The van der Waals surface area contributed by atoms with Gasteiger partial charge in [0.05, 0.1) is 5.56 Å². The van der Waals surface area contributed by atoms with Gasteiger partial charge in [-0.05, 0) is 64.1 Å². The second kappa shape index (κ2) is 7.45. The fourth-order valence-corrected chi connectivity index (χ4v) is 2.65. The molecule has 0 aliphatic carbocycles. The van der Waals surface area contributed by atoms with Crippen molar-refractivity contribution >= 4 is 16.9 Å². The fraction of sp³-hybridized carbons (Fsp3) is 0.318. The first-order valence-electron chi connectivity index (χ1n) is 8.86. The Morgan fingerprint density at radius 1 is 1.15 bits per heavy atom. The predicted molar refractivity (Wildman–Crippen MR) is 103 cm³/mol. The van der Waals surface area contributed by atoms with Crippen LogP contribution in [0.2, 0.25) is 0 Å². The fourth-order valence-electron chi connectivity index (χ4n) is 2.65. The van der Waals surface area contributed by atoms with Gasteiger partial charge < -0.3 is 19.0 Å². The lowest BCUT2D eigenvalue weighted by Gasteiger charge is -2.19. The van der Waals surface area contributed by atoms with Gasteiger partial charge in [-0.2, -0.15) is 0 Å². The number of aryl methyl sites for hydroxylation is 1. The number of fused-ring (bicyclic) bond motifs is 1. The first-order chi connectivity index (χ1) is 12.7. The summed E-state index contributed by atoms with van der Waals surface area (Å²) >= 11 is 0. The van der Waals surface area contributed by atoms with E-state index >= 15 is 0 Å². The number of hydrogen-bond acceptors (Lipinski definition) is 5. The lowest BCUT2D eigenvalue weighted by atomic mass is 10.1. The molecular formula is C22H24O5. The molecule has 5 nitrogen and oxygen atoms in total. The maximum Gasteiger partial charge on any atom is 0.338 e. The van der Waals surface area contributed by atoms with Crippen molar-refractivity contribution in [1.82, 2.24) is 0 Å². The van der Waals surface area contributed by atoms with Gasteiger partial charge in [0.25, 0.3) is 0 Å². The molecule has 0 spiro atoms. The van der Waals surface area contributed by atoms with Crippen molar-refractivity contribution in [3.05, 3.63) is 65.4 Å². The van der Waals surface area contributed by atoms with E-state index in [1.165, 1.54) is 0 Å². The molecule has 1 N–H and O–H groups in total. The molecule has 5 heteroatoms. The van der Waals surface area contributed by atoms with Crippen molar-refractivity contribution in [3.63, 3.8) is 0 Å². The van der Waals surface area contributed by atoms with Crippen LogP contribution in [-0.2, 0) is 4.74 Å². The molecule has 0 saturated heterocycles. The molecule has 0 amide bonds. The summed E-state index contributed by atoms with van der Waals surface area (Å²) in [5.41, 5.74) is 1.68. The van der Waals surface area contributed by atoms with E-state index in [2.05, 4.69) is 0 Å². The van der Waals surface area contributed by atoms with E-state index in [9.17, 15) is 9.90 Å². The quantitative estimate of drug-likeness (QED) is 0.655. The number of esters is 1. The van der Waals surface area contributed by atoms with Gasteiger partial charge in [0.1, 0.15) is 35.4 Å². The van der Waals surface area contributed by atoms with Gasteiger partial charge in [-0.15, -0.1) is 0 Å². The Hall–Kier alpha value is -2.79. The highest BCUT2D eigenvalue weighted by atomic mass is 16.6. The van der Waals surface area contributed by atoms with Crippen LogP contribution in [-0.4, -0.2) is 23.3 Å². The van der Waals surface area contributed by atoms with Gasteiger partial charge in [0.2, 0.25) is 0 Å². The van der Waals surface area contributed by atoms with Crippen molar-refractivity contribution in [1.29, 1.82) is 0 Å². The summed E-state index contributed by atoms with van der Waals surface area (Å²) in [6.45, 7) is 7.46. The predicted octanol–water partition coefficient (Wildman–Crippen LogP) is 4.81. The van der Waals surface area contributed by atoms with E-state index in [-0.39, 0.29) is 6.61 Å². The number of benzene rings is 2. The third-order valence-corrected chi connectivity index (χ3v) is 3.90.